The van der Waals surface area contributed by atoms with Crippen LogP contribution in [0.4, 0.5) is 4.39 Å². The highest BCUT2D eigenvalue weighted by molar-refractivity contribution is 5.96. The second-order valence-electron chi connectivity index (χ2n) is 7.72. The lowest BCUT2D eigenvalue weighted by Gasteiger charge is -2.32. The van der Waals surface area contributed by atoms with Gasteiger partial charge < -0.3 is 14.2 Å². The van der Waals surface area contributed by atoms with Gasteiger partial charge in [0, 0.05) is 23.9 Å². The molecule has 1 atom stereocenters. The van der Waals surface area contributed by atoms with Crippen LogP contribution in [0, 0.1) is 12.7 Å². The molecule has 0 N–H and O–H groups in total. The Kier molecular flexibility index (Phi) is 5.63. The number of rotatable bonds is 4. The van der Waals surface area contributed by atoms with E-state index in [1.54, 1.807) is 36.2 Å². The van der Waals surface area contributed by atoms with Crippen molar-refractivity contribution in [1.82, 2.24) is 15.0 Å². The van der Waals surface area contributed by atoms with Crippen molar-refractivity contribution in [3.63, 3.8) is 0 Å². The van der Waals surface area contributed by atoms with E-state index in [1.807, 2.05) is 26.0 Å². The third kappa shape index (κ3) is 3.85. The van der Waals surface area contributed by atoms with Gasteiger partial charge in [-0.2, -0.15) is 0 Å². The Morgan fingerprint density at radius 1 is 1.23 bits per heavy atom. The lowest BCUT2D eigenvalue weighted by Crippen LogP contribution is -2.42. The zero-order valence-electron chi connectivity index (χ0n) is 17.3. The van der Waals surface area contributed by atoms with Gasteiger partial charge in [0.15, 0.2) is 0 Å². The summed E-state index contributed by atoms with van der Waals surface area (Å²) in [7, 11) is 0. The van der Waals surface area contributed by atoms with Crippen molar-refractivity contribution in [2.75, 3.05) is 19.7 Å². The van der Waals surface area contributed by atoms with E-state index in [9.17, 15) is 9.18 Å². The third-order valence-electron chi connectivity index (χ3n) is 5.30. The monoisotopic (exact) mass is 409 g/mol. The second-order valence-corrected chi connectivity index (χ2v) is 7.72. The van der Waals surface area contributed by atoms with Crippen molar-refractivity contribution in [2.24, 2.45) is 0 Å². The summed E-state index contributed by atoms with van der Waals surface area (Å²) in [6.07, 6.45) is 1.29. The third-order valence-corrected chi connectivity index (χ3v) is 5.30. The molecule has 0 saturated carbocycles. The Morgan fingerprint density at radius 2 is 2.03 bits per heavy atom. The van der Waals surface area contributed by atoms with Crippen LogP contribution < -0.4 is 0 Å². The second kappa shape index (κ2) is 8.36. The van der Waals surface area contributed by atoms with Crippen LogP contribution >= 0.6 is 0 Å². The molecule has 0 aliphatic carbocycles. The lowest BCUT2D eigenvalue weighted by molar-refractivity contribution is -0.0248. The number of hydrogen-bond acceptors (Lipinski definition) is 5. The Hall–Kier alpha value is -3.06. The minimum absolute atomic E-state index is 0.0887. The average Bonchev–Trinajstić information content (AvgIpc) is 3.15. The predicted octanol–water partition coefficient (Wildman–Crippen LogP) is 4.52. The molecule has 1 aromatic carbocycles. The zero-order valence-corrected chi connectivity index (χ0v) is 17.3. The van der Waals surface area contributed by atoms with Gasteiger partial charge in [-0.3, -0.25) is 9.78 Å². The summed E-state index contributed by atoms with van der Waals surface area (Å²) in [5.74, 6) is 0.224. The number of morpholine rings is 1. The van der Waals surface area contributed by atoms with E-state index in [4.69, 9.17) is 9.26 Å². The Morgan fingerprint density at radius 3 is 2.73 bits per heavy atom. The van der Waals surface area contributed by atoms with Gasteiger partial charge in [-0.15, -0.1) is 0 Å². The van der Waals surface area contributed by atoms with Crippen LogP contribution in [-0.4, -0.2) is 40.6 Å². The topological polar surface area (TPSA) is 68.5 Å². The highest BCUT2D eigenvalue weighted by atomic mass is 19.1. The van der Waals surface area contributed by atoms with Gasteiger partial charge >= 0.3 is 0 Å². The zero-order chi connectivity index (χ0) is 21.3. The number of hydrogen-bond donors (Lipinski definition) is 0. The van der Waals surface area contributed by atoms with Crippen LogP contribution in [0.1, 0.15) is 53.4 Å². The number of nitrogens with zero attached hydrogens (tertiary/aromatic N) is 3. The maximum atomic E-state index is 14.0. The molecule has 4 rings (SSSR count). The highest BCUT2D eigenvalue weighted by Gasteiger charge is 2.31. The van der Waals surface area contributed by atoms with Crippen molar-refractivity contribution in [2.45, 2.75) is 32.8 Å². The summed E-state index contributed by atoms with van der Waals surface area (Å²) in [5, 5.41) is 4.06. The molecule has 156 valence electrons. The number of aromatic nitrogens is 2. The molecule has 0 bridgehead atoms. The van der Waals surface area contributed by atoms with Crippen LogP contribution in [0.5, 0.6) is 0 Å². The first-order chi connectivity index (χ1) is 14.5. The average molecular weight is 409 g/mol. The number of ether oxygens (including phenoxy) is 1. The van der Waals surface area contributed by atoms with Gasteiger partial charge in [0.25, 0.3) is 5.91 Å². The quantitative estimate of drug-likeness (QED) is 0.634. The molecule has 0 spiro atoms. The van der Waals surface area contributed by atoms with Crippen LogP contribution in [0.2, 0.25) is 0 Å². The minimum atomic E-state index is -0.347. The number of amides is 1. The number of halogens is 1. The predicted molar refractivity (Wildman–Crippen MR) is 110 cm³/mol. The number of benzene rings is 1. The number of carbonyl (C=O) groups excluding carboxylic acids is 1. The Labute approximate surface area is 174 Å². The van der Waals surface area contributed by atoms with Crippen molar-refractivity contribution < 1.29 is 18.4 Å². The van der Waals surface area contributed by atoms with E-state index in [0.29, 0.717) is 53.5 Å². The van der Waals surface area contributed by atoms with Gasteiger partial charge in [-0.1, -0.05) is 43.3 Å². The standard InChI is InChI=1S/C23H24FN3O3/c1-14(2)22-21(15(3)30-26-22)23(28)27-10-11-29-20(13-27)19-9-8-16(12-25-19)17-6-4-5-7-18(17)24/h4-9,12,14,20H,10-11,13H2,1-3H3. The number of carbonyl (C=O) groups is 1. The normalized spacial score (nSPS) is 16.8. The largest absolute Gasteiger partial charge is 0.368 e. The van der Waals surface area contributed by atoms with Crippen LogP contribution in [-0.2, 0) is 4.74 Å². The summed E-state index contributed by atoms with van der Waals surface area (Å²) in [4.78, 5) is 19.4. The van der Waals surface area contributed by atoms with E-state index in [0.717, 1.165) is 0 Å². The summed E-state index contributed by atoms with van der Waals surface area (Å²) < 4.78 is 25.2. The molecule has 1 saturated heterocycles. The molecule has 0 radical (unpaired) electrons. The Bertz CT molecular complexity index is 1050. The van der Waals surface area contributed by atoms with Gasteiger partial charge in [0.1, 0.15) is 23.2 Å². The fourth-order valence-corrected chi connectivity index (χ4v) is 3.66. The molecular weight excluding hydrogens is 385 g/mol. The van der Waals surface area contributed by atoms with Gasteiger partial charge in [0.2, 0.25) is 0 Å². The molecule has 1 amide bonds. The first kappa shape index (κ1) is 20.2. The van der Waals surface area contributed by atoms with Crippen LogP contribution in [0.3, 0.4) is 0 Å². The molecule has 6 nitrogen and oxygen atoms in total. The van der Waals surface area contributed by atoms with Crippen molar-refractivity contribution in [1.29, 1.82) is 0 Å². The molecule has 1 fully saturated rings. The summed E-state index contributed by atoms with van der Waals surface area (Å²) in [6.45, 7) is 7.01. The maximum Gasteiger partial charge on any atom is 0.259 e. The van der Waals surface area contributed by atoms with Gasteiger partial charge in [0.05, 0.1) is 24.5 Å². The van der Waals surface area contributed by atoms with E-state index < -0.39 is 0 Å². The van der Waals surface area contributed by atoms with E-state index in [-0.39, 0.29) is 23.7 Å². The summed E-state index contributed by atoms with van der Waals surface area (Å²) in [6, 6.07) is 10.2. The van der Waals surface area contributed by atoms with Crippen molar-refractivity contribution in [3.8, 4) is 11.1 Å². The first-order valence-electron chi connectivity index (χ1n) is 10.0. The van der Waals surface area contributed by atoms with Gasteiger partial charge in [-0.25, -0.2) is 4.39 Å². The number of aryl methyl sites for hydroxylation is 1. The van der Waals surface area contributed by atoms with E-state index in [2.05, 4.69) is 10.1 Å². The SMILES string of the molecule is Cc1onc(C(C)C)c1C(=O)N1CCOC(c2ccc(-c3ccccc3F)cn2)C1. The van der Waals surface area contributed by atoms with E-state index in [1.165, 1.54) is 6.07 Å². The molecule has 2 aromatic heterocycles. The van der Waals surface area contributed by atoms with E-state index >= 15 is 0 Å². The van der Waals surface area contributed by atoms with Gasteiger partial charge in [-0.05, 0) is 25.0 Å². The maximum absolute atomic E-state index is 14.0. The fourth-order valence-electron chi connectivity index (χ4n) is 3.66. The molecule has 7 heteroatoms. The minimum Gasteiger partial charge on any atom is -0.368 e. The molecule has 30 heavy (non-hydrogen) atoms. The Balaban J connectivity index is 1.53. The lowest BCUT2D eigenvalue weighted by atomic mass is 10.0. The molecule has 3 heterocycles. The molecule has 1 aliphatic heterocycles. The van der Waals surface area contributed by atoms with Crippen molar-refractivity contribution >= 4 is 5.91 Å². The summed E-state index contributed by atoms with van der Waals surface area (Å²) in [5.41, 5.74) is 3.12. The molecular formula is C23H24FN3O3. The van der Waals surface area contributed by atoms with Crippen LogP contribution in [0.25, 0.3) is 11.1 Å². The van der Waals surface area contributed by atoms with Crippen LogP contribution in [0.15, 0.2) is 47.1 Å². The molecule has 1 unspecified atom stereocenters. The first-order valence-corrected chi connectivity index (χ1v) is 10.0. The smallest absolute Gasteiger partial charge is 0.259 e. The summed E-state index contributed by atoms with van der Waals surface area (Å²) >= 11 is 0. The molecule has 1 aliphatic rings. The highest BCUT2D eigenvalue weighted by Crippen LogP contribution is 2.28. The van der Waals surface area contributed by atoms with Crippen molar-refractivity contribution in [3.05, 3.63) is 71.1 Å². The molecule has 3 aromatic rings. The number of pyridine rings is 1. The fraction of sp³-hybridized carbons (Fsp3) is 0.348.